The van der Waals surface area contributed by atoms with Crippen LogP contribution in [-0.4, -0.2) is 41.5 Å². The molecule has 0 unspecified atom stereocenters. The van der Waals surface area contributed by atoms with Gasteiger partial charge in [0.2, 0.25) is 0 Å². The average molecular weight is 502 g/mol. The highest BCUT2D eigenvalue weighted by Gasteiger charge is 2.20. The third-order valence-electron chi connectivity index (χ3n) is 5.68. The number of aromatic carboxylic acids is 1. The molecule has 3 rings (SSSR count). The number of amides is 1. The molecular formula is C28H31N5O4. The van der Waals surface area contributed by atoms with Gasteiger partial charge in [-0.25, -0.2) is 9.78 Å². The highest BCUT2D eigenvalue weighted by Crippen LogP contribution is 2.35. The van der Waals surface area contributed by atoms with E-state index in [-0.39, 0.29) is 28.8 Å². The maximum Gasteiger partial charge on any atom is 0.336 e. The van der Waals surface area contributed by atoms with Crippen LogP contribution in [0.15, 0.2) is 55.2 Å². The van der Waals surface area contributed by atoms with Crippen LogP contribution in [0.4, 0.5) is 5.82 Å². The van der Waals surface area contributed by atoms with Crippen molar-refractivity contribution in [3.05, 3.63) is 83.1 Å². The lowest BCUT2D eigenvalue weighted by molar-refractivity contribution is 0.0697. The van der Waals surface area contributed by atoms with Gasteiger partial charge < -0.3 is 26.2 Å². The second-order valence-corrected chi connectivity index (χ2v) is 8.82. The molecule has 0 radical (unpaired) electrons. The number of carbonyl (C=O) groups is 2. The number of nitrogen functional groups attached to an aromatic ring is 1. The van der Waals surface area contributed by atoms with E-state index in [1.54, 1.807) is 36.4 Å². The van der Waals surface area contributed by atoms with Crippen LogP contribution in [0.1, 0.15) is 51.3 Å². The maximum atomic E-state index is 12.6. The molecule has 192 valence electrons. The Kier molecular flexibility index (Phi) is 8.63. The van der Waals surface area contributed by atoms with E-state index in [1.165, 1.54) is 19.4 Å². The van der Waals surface area contributed by atoms with E-state index in [4.69, 9.17) is 15.9 Å². The van der Waals surface area contributed by atoms with E-state index in [0.29, 0.717) is 41.3 Å². The zero-order chi connectivity index (χ0) is 27.1. The van der Waals surface area contributed by atoms with Crippen molar-refractivity contribution >= 4 is 29.6 Å². The minimum absolute atomic E-state index is 0.00390. The molecule has 0 atom stereocenters. The number of ether oxygens (including phenoxy) is 1. The van der Waals surface area contributed by atoms with Gasteiger partial charge in [-0.05, 0) is 59.0 Å². The van der Waals surface area contributed by atoms with E-state index in [0.717, 1.165) is 11.1 Å². The van der Waals surface area contributed by atoms with Gasteiger partial charge in [0.15, 0.2) is 0 Å². The Labute approximate surface area is 215 Å². The smallest absolute Gasteiger partial charge is 0.336 e. The fourth-order valence-electron chi connectivity index (χ4n) is 3.72. The lowest BCUT2D eigenvalue weighted by Crippen LogP contribution is -2.27. The summed E-state index contributed by atoms with van der Waals surface area (Å²) in [6.45, 7) is 8.61. The lowest BCUT2D eigenvalue weighted by Gasteiger charge is -2.18. The number of carboxylic acids is 1. The molecule has 0 aliphatic carbocycles. The van der Waals surface area contributed by atoms with Gasteiger partial charge in [0.25, 0.3) is 5.91 Å². The minimum atomic E-state index is -1.15. The van der Waals surface area contributed by atoms with Crippen LogP contribution >= 0.6 is 0 Å². The number of methoxy groups -OCH3 is 1. The SMILES string of the molecule is C=Cc1cc(CNc2ccc(C(=N)N)cn2)c(-c2ccc(C(=O)NCC(C)C)cc2C(=O)O)cc1OC. The quantitative estimate of drug-likeness (QED) is 0.193. The standard InChI is InChI=1S/C28H31N5O4/c1-5-17-10-20(15-32-25-9-7-19(14-31-25)26(29)30)22(12-24(17)37-4)21-8-6-18(11-23(21)28(35)36)27(34)33-13-16(2)3/h5-12,14,16H,1,13,15H2,2-4H3,(H3,29,30)(H,31,32)(H,33,34)(H,35,36). The summed E-state index contributed by atoms with van der Waals surface area (Å²) in [7, 11) is 1.53. The van der Waals surface area contributed by atoms with Crippen molar-refractivity contribution in [2.45, 2.75) is 20.4 Å². The third-order valence-corrected chi connectivity index (χ3v) is 5.68. The molecule has 1 aromatic heterocycles. The molecule has 0 spiro atoms. The Morgan fingerprint density at radius 3 is 2.46 bits per heavy atom. The predicted octanol–water partition coefficient (Wildman–Crippen LogP) is 4.38. The zero-order valence-corrected chi connectivity index (χ0v) is 21.1. The average Bonchev–Trinajstić information content (AvgIpc) is 2.89. The van der Waals surface area contributed by atoms with Crippen LogP contribution in [0.2, 0.25) is 0 Å². The molecule has 3 aromatic rings. The molecule has 37 heavy (non-hydrogen) atoms. The van der Waals surface area contributed by atoms with E-state index in [1.807, 2.05) is 19.9 Å². The first kappa shape index (κ1) is 26.9. The number of rotatable bonds is 11. The molecule has 1 heterocycles. The summed E-state index contributed by atoms with van der Waals surface area (Å²) in [5.74, 6) is -0.198. The van der Waals surface area contributed by atoms with Crippen molar-refractivity contribution in [2.75, 3.05) is 19.0 Å². The summed E-state index contributed by atoms with van der Waals surface area (Å²) in [6.07, 6.45) is 3.16. The Morgan fingerprint density at radius 2 is 1.89 bits per heavy atom. The van der Waals surface area contributed by atoms with Crippen molar-refractivity contribution in [3.63, 3.8) is 0 Å². The molecule has 0 saturated heterocycles. The highest BCUT2D eigenvalue weighted by atomic mass is 16.5. The van der Waals surface area contributed by atoms with Crippen molar-refractivity contribution < 1.29 is 19.4 Å². The second-order valence-electron chi connectivity index (χ2n) is 8.82. The number of amidine groups is 1. The number of aromatic nitrogens is 1. The van der Waals surface area contributed by atoms with Crippen LogP contribution in [0.5, 0.6) is 5.75 Å². The summed E-state index contributed by atoms with van der Waals surface area (Å²) in [5, 5.41) is 23.6. The Hall–Kier alpha value is -4.66. The fourth-order valence-corrected chi connectivity index (χ4v) is 3.72. The minimum Gasteiger partial charge on any atom is -0.496 e. The monoisotopic (exact) mass is 501 g/mol. The van der Waals surface area contributed by atoms with Crippen molar-refractivity contribution in [2.24, 2.45) is 11.7 Å². The first-order valence-corrected chi connectivity index (χ1v) is 11.7. The number of nitrogens with one attached hydrogen (secondary N) is 3. The number of nitrogens with zero attached hydrogens (tertiary/aromatic N) is 1. The van der Waals surface area contributed by atoms with Crippen LogP contribution in [0.3, 0.4) is 0 Å². The number of carboxylic acid groups (broad SMARTS) is 1. The second kappa shape index (κ2) is 11.9. The molecule has 9 heteroatoms. The zero-order valence-electron chi connectivity index (χ0n) is 21.1. The largest absolute Gasteiger partial charge is 0.496 e. The molecule has 0 aliphatic heterocycles. The van der Waals surface area contributed by atoms with Crippen molar-refractivity contribution in [1.82, 2.24) is 10.3 Å². The molecule has 2 aromatic carbocycles. The summed E-state index contributed by atoms with van der Waals surface area (Å²) < 4.78 is 5.52. The molecule has 6 N–H and O–H groups in total. The van der Waals surface area contributed by atoms with Gasteiger partial charge >= 0.3 is 5.97 Å². The van der Waals surface area contributed by atoms with Crippen LogP contribution < -0.4 is 21.1 Å². The number of anilines is 1. The van der Waals surface area contributed by atoms with Gasteiger partial charge in [-0.15, -0.1) is 0 Å². The number of carbonyl (C=O) groups excluding carboxylic acids is 1. The molecule has 9 nitrogen and oxygen atoms in total. The summed E-state index contributed by atoms with van der Waals surface area (Å²) >= 11 is 0. The van der Waals surface area contributed by atoms with E-state index < -0.39 is 5.97 Å². The number of pyridine rings is 1. The fraction of sp³-hybridized carbons (Fsp3) is 0.214. The Balaban J connectivity index is 2.04. The van der Waals surface area contributed by atoms with Gasteiger partial charge in [0.1, 0.15) is 17.4 Å². The van der Waals surface area contributed by atoms with Crippen LogP contribution in [-0.2, 0) is 6.54 Å². The molecule has 0 aliphatic rings. The predicted molar refractivity (Wildman–Crippen MR) is 145 cm³/mol. The maximum absolute atomic E-state index is 12.6. The lowest BCUT2D eigenvalue weighted by atomic mass is 9.91. The first-order chi connectivity index (χ1) is 17.6. The topological polar surface area (TPSA) is 150 Å². The summed E-state index contributed by atoms with van der Waals surface area (Å²) in [4.78, 5) is 29.1. The van der Waals surface area contributed by atoms with E-state index in [2.05, 4.69) is 22.2 Å². The Bertz CT molecular complexity index is 1330. The Morgan fingerprint density at radius 1 is 1.16 bits per heavy atom. The van der Waals surface area contributed by atoms with Gasteiger partial charge in [0, 0.05) is 36.0 Å². The number of nitrogens with two attached hydrogens (primary N) is 1. The van der Waals surface area contributed by atoms with Gasteiger partial charge in [-0.2, -0.15) is 0 Å². The number of hydrogen-bond donors (Lipinski definition) is 5. The molecule has 1 amide bonds. The third kappa shape index (κ3) is 6.52. The van der Waals surface area contributed by atoms with E-state index >= 15 is 0 Å². The van der Waals surface area contributed by atoms with Gasteiger partial charge in [-0.1, -0.05) is 32.6 Å². The molecular weight excluding hydrogens is 470 g/mol. The first-order valence-electron chi connectivity index (χ1n) is 11.7. The van der Waals surface area contributed by atoms with Crippen molar-refractivity contribution in [3.8, 4) is 16.9 Å². The van der Waals surface area contributed by atoms with Crippen molar-refractivity contribution in [1.29, 1.82) is 5.41 Å². The van der Waals surface area contributed by atoms with E-state index in [9.17, 15) is 14.7 Å². The number of hydrogen-bond acceptors (Lipinski definition) is 6. The summed E-state index contributed by atoms with van der Waals surface area (Å²) in [5.41, 5.74) is 8.85. The molecule has 0 bridgehead atoms. The normalized spacial score (nSPS) is 10.6. The highest BCUT2D eigenvalue weighted by molar-refractivity contribution is 6.02. The van der Waals surface area contributed by atoms with Gasteiger partial charge in [-0.3, -0.25) is 10.2 Å². The number of benzene rings is 2. The molecule has 0 saturated carbocycles. The molecule has 0 fully saturated rings. The van der Waals surface area contributed by atoms with Crippen LogP contribution in [0.25, 0.3) is 17.2 Å². The van der Waals surface area contributed by atoms with Crippen LogP contribution in [0, 0.1) is 11.3 Å². The summed E-state index contributed by atoms with van der Waals surface area (Å²) in [6, 6.07) is 11.7. The van der Waals surface area contributed by atoms with Gasteiger partial charge in [0.05, 0.1) is 12.7 Å².